The fourth-order valence-corrected chi connectivity index (χ4v) is 8.69. The molecule has 1 unspecified atom stereocenters. The Kier molecular flexibility index (Phi) is 11.3. The van der Waals surface area contributed by atoms with Crippen LogP contribution in [0.1, 0.15) is 60.1 Å². The van der Waals surface area contributed by atoms with Gasteiger partial charge in [-0.25, -0.2) is 0 Å². The molecule has 2 fully saturated rings. The number of aliphatic imine (C=N–C) groups is 1. The topological polar surface area (TPSA) is 12.4 Å². The summed E-state index contributed by atoms with van der Waals surface area (Å²) in [5.41, 5.74) is 2.82. The van der Waals surface area contributed by atoms with Gasteiger partial charge in [0.25, 0.3) is 0 Å². The van der Waals surface area contributed by atoms with Gasteiger partial charge in [-0.15, -0.1) is 0 Å². The summed E-state index contributed by atoms with van der Waals surface area (Å²) in [5, 5.41) is 3.34. The summed E-state index contributed by atoms with van der Waals surface area (Å²) in [6.45, 7) is 16.3. The fraction of sp³-hybridized carbons (Fsp3) is 0.323. The molecular weight excluding hydrogens is 473 g/mol. The van der Waals surface area contributed by atoms with E-state index in [1.54, 1.807) is 5.66 Å². The normalized spacial score (nSPS) is 18.8. The number of hydrogen-bond acceptors (Lipinski definition) is 1. The van der Waals surface area contributed by atoms with Crippen molar-refractivity contribution in [1.29, 1.82) is 0 Å². The third kappa shape index (κ3) is 8.18. The van der Waals surface area contributed by atoms with Crippen molar-refractivity contribution in [3.8, 4) is 0 Å². The molecule has 3 heteroatoms. The number of nitrogens with zero attached hydrogens (tertiary/aromatic N) is 1. The summed E-state index contributed by atoms with van der Waals surface area (Å²) >= 11 is 0. The Bertz CT molecular complexity index is 876. The quantitative estimate of drug-likeness (QED) is 0.221. The van der Waals surface area contributed by atoms with Crippen molar-refractivity contribution in [2.75, 3.05) is 0 Å². The first-order valence-corrected chi connectivity index (χ1v) is 13.2. The minimum Gasteiger partial charge on any atom is -0.289 e. The van der Waals surface area contributed by atoms with Crippen LogP contribution >= 0.6 is 7.92 Å². The molecule has 1 atom stereocenters. The molecule has 34 heavy (non-hydrogen) atoms. The molecule has 0 aliphatic heterocycles. The first-order valence-electron chi connectivity index (χ1n) is 11.8. The van der Waals surface area contributed by atoms with Crippen LogP contribution in [0.15, 0.2) is 47.5 Å². The molecule has 0 N–H and O–H groups in total. The van der Waals surface area contributed by atoms with Gasteiger partial charge in [-0.2, -0.15) is 0 Å². The van der Waals surface area contributed by atoms with E-state index in [-0.39, 0.29) is 31.0 Å². The van der Waals surface area contributed by atoms with Crippen molar-refractivity contribution >= 4 is 24.9 Å². The molecule has 2 saturated carbocycles. The number of fused-ring (bicyclic) bond motifs is 1. The largest absolute Gasteiger partial charge is 2.00 e. The maximum Gasteiger partial charge on any atom is 2.00 e. The van der Waals surface area contributed by atoms with Gasteiger partial charge in [0.1, 0.15) is 0 Å². The van der Waals surface area contributed by atoms with Crippen LogP contribution in [0.4, 0.5) is 0 Å². The molecule has 2 aliphatic rings. The van der Waals surface area contributed by atoms with E-state index < -0.39 is 0 Å². The Morgan fingerprint density at radius 3 is 1.85 bits per heavy atom. The molecule has 2 aromatic carbocycles. The van der Waals surface area contributed by atoms with Gasteiger partial charge in [0.05, 0.1) is 6.04 Å². The number of hydrogen-bond donors (Lipinski definition) is 0. The second-order valence-corrected chi connectivity index (χ2v) is 14.4. The monoisotopic (exact) mass is 511 g/mol. The average molecular weight is 511 g/mol. The van der Waals surface area contributed by atoms with Crippen LogP contribution in [0.25, 0.3) is 10.8 Å². The third-order valence-corrected chi connectivity index (χ3v) is 9.15. The van der Waals surface area contributed by atoms with Crippen LogP contribution in [0, 0.1) is 62.9 Å². The van der Waals surface area contributed by atoms with E-state index in [0.29, 0.717) is 10.3 Å². The molecule has 1 nitrogen and oxygen atoms in total. The van der Waals surface area contributed by atoms with E-state index in [1.165, 1.54) is 16.3 Å². The average Bonchev–Trinajstić information content (AvgIpc) is 3.44. The minimum absolute atomic E-state index is 0. The van der Waals surface area contributed by atoms with Crippen molar-refractivity contribution in [3.05, 3.63) is 111 Å². The van der Waals surface area contributed by atoms with Crippen molar-refractivity contribution in [3.63, 3.8) is 0 Å². The molecule has 0 aromatic heterocycles. The first-order chi connectivity index (χ1) is 15.6. The Balaban J connectivity index is 0.000000245. The Hall–Kier alpha value is -0.681. The predicted octanol–water partition coefficient (Wildman–Crippen LogP) is 8.80. The molecule has 178 valence electrons. The standard InChI is InChI=1S/C18H16N.C13H22P.Fe/c1-14(19-13-15-7-2-3-8-15)17-12-6-10-16-9-4-5-11-18(16)17;1-12(2,3)14(13(4,5)6)11-9-7-8-10-11;/h2-14H,1H3;7-10H,1-6H3;/q;;+2. The van der Waals surface area contributed by atoms with Gasteiger partial charge in [-0.3, -0.25) is 4.99 Å². The van der Waals surface area contributed by atoms with Crippen LogP contribution in [-0.2, 0) is 17.1 Å². The number of rotatable bonds is 4. The van der Waals surface area contributed by atoms with Crippen molar-refractivity contribution in [2.45, 2.75) is 64.8 Å². The summed E-state index contributed by atoms with van der Waals surface area (Å²) in [4.78, 5) is 4.66. The molecule has 10 radical (unpaired) electrons. The molecule has 2 aromatic rings. The third-order valence-electron chi connectivity index (χ3n) is 5.65. The summed E-state index contributed by atoms with van der Waals surface area (Å²) in [5.74, 6) is 1.16. The smallest absolute Gasteiger partial charge is 0.289 e. The summed E-state index contributed by atoms with van der Waals surface area (Å²) in [7, 11) is -0.101. The van der Waals surface area contributed by atoms with E-state index in [4.69, 9.17) is 0 Å². The molecule has 2 aliphatic carbocycles. The molecule has 0 heterocycles. The van der Waals surface area contributed by atoms with Crippen LogP contribution in [0.3, 0.4) is 0 Å². The minimum atomic E-state index is -0.101. The maximum atomic E-state index is 4.66. The van der Waals surface area contributed by atoms with Crippen LogP contribution in [0.5, 0.6) is 0 Å². The van der Waals surface area contributed by atoms with E-state index in [1.807, 2.05) is 19.1 Å². The van der Waals surface area contributed by atoms with Crippen LogP contribution < -0.4 is 0 Å². The van der Waals surface area contributed by atoms with Crippen molar-refractivity contribution in [2.24, 2.45) is 4.99 Å². The molecule has 0 saturated heterocycles. The van der Waals surface area contributed by atoms with E-state index >= 15 is 0 Å². The Morgan fingerprint density at radius 1 is 0.735 bits per heavy atom. The van der Waals surface area contributed by atoms with Gasteiger partial charge in [0.15, 0.2) is 0 Å². The zero-order valence-corrected chi connectivity index (χ0v) is 23.6. The fourth-order valence-electron chi connectivity index (χ4n) is 4.66. The molecule has 4 rings (SSSR count). The van der Waals surface area contributed by atoms with Gasteiger partial charge < -0.3 is 0 Å². The predicted molar refractivity (Wildman–Crippen MR) is 148 cm³/mol. The summed E-state index contributed by atoms with van der Waals surface area (Å²) in [6, 6.07) is 15.0. The first kappa shape index (κ1) is 29.5. The zero-order valence-electron chi connectivity index (χ0n) is 21.6. The molecule has 0 spiro atoms. The van der Waals surface area contributed by atoms with Gasteiger partial charge >= 0.3 is 17.1 Å². The summed E-state index contributed by atoms with van der Waals surface area (Å²) in [6.07, 6.45) is 19.0. The summed E-state index contributed by atoms with van der Waals surface area (Å²) < 4.78 is 0. The van der Waals surface area contributed by atoms with Gasteiger partial charge in [0.2, 0.25) is 0 Å². The van der Waals surface area contributed by atoms with Crippen molar-refractivity contribution in [1.82, 2.24) is 0 Å². The zero-order chi connectivity index (χ0) is 24.1. The van der Waals surface area contributed by atoms with Gasteiger partial charge in [-0.05, 0) is 84.9 Å². The van der Waals surface area contributed by atoms with Gasteiger partial charge in [-0.1, -0.05) is 91.9 Å². The second-order valence-electron chi connectivity index (χ2n) is 10.6. The van der Waals surface area contributed by atoms with Crippen molar-refractivity contribution < 1.29 is 17.1 Å². The van der Waals surface area contributed by atoms with E-state index in [0.717, 1.165) is 5.92 Å². The molecule has 0 amide bonds. The van der Waals surface area contributed by atoms with Crippen LogP contribution in [-0.4, -0.2) is 16.5 Å². The van der Waals surface area contributed by atoms with E-state index in [2.05, 4.69) is 134 Å². The van der Waals surface area contributed by atoms with Crippen LogP contribution in [0.2, 0.25) is 0 Å². The Labute approximate surface area is 222 Å². The van der Waals surface area contributed by atoms with E-state index in [9.17, 15) is 0 Å². The SMILES string of the molecule is CC(C)(C)P([C]1[CH][CH][CH][CH]1)C(C)(C)C.CC(N=C[C]1[CH][CH][CH][CH]1)c1cccc2ccccc12.[Fe+2]. The Morgan fingerprint density at radius 2 is 1.26 bits per heavy atom. The van der Waals surface area contributed by atoms with Gasteiger partial charge in [0, 0.05) is 17.8 Å². The molecule has 0 bridgehead atoms. The number of benzene rings is 2. The maximum absolute atomic E-state index is 4.66. The molecular formula is C31H38FeNP+2. The second kappa shape index (κ2) is 13.0.